The van der Waals surface area contributed by atoms with Gasteiger partial charge in [-0.2, -0.15) is 0 Å². The smallest absolute Gasteiger partial charge is 0.328 e. The zero-order chi connectivity index (χ0) is 31.1. The Morgan fingerprint density at radius 3 is 2.56 bits per heavy atom. The highest BCUT2D eigenvalue weighted by atomic mass is 35.5. The molecule has 224 valence electrons. The van der Waals surface area contributed by atoms with E-state index < -0.39 is 40.2 Å². The topological polar surface area (TPSA) is 163 Å². The van der Waals surface area contributed by atoms with Gasteiger partial charge in [-0.1, -0.05) is 29.3 Å². The Labute approximate surface area is 259 Å². The molecular formula is C28H23Cl2N3O8S2. The number of nitrogens with zero attached hydrogens (tertiary/aromatic N) is 1. The van der Waals surface area contributed by atoms with E-state index in [9.17, 15) is 32.7 Å². The van der Waals surface area contributed by atoms with Crippen LogP contribution in [0.3, 0.4) is 0 Å². The number of sulfone groups is 1. The summed E-state index contributed by atoms with van der Waals surface area (Å²) in [6, 6.07) is 9.57. The molecule has 0 bridgehead atoms. The van der Waals surface area contributed by atoms with E-state index in [1.165, 1.54) is 18.2 Å². The Kier molecular flexibility index (Phi) is 8.52. The van der Waals surface area contributed by atoms with E-state index in [1.54, 1.807) is 35.4 Å². The predicted molar refractivity (Wildman–Crippen MR) is 160 cm³/mol. The van der Waals surface area contributed by atoms with Crippen LogP contribution in [0.2, 0.25) is 10.0 Å². The van der Waals surface area contributed by atoms with E-state index in [0.717, 1.165) is 23.0 Å². The Morgan fingerprint density at radius 1 is 1.09 bits per heavy atom. The lowest BCUT2D eigenvalue weighted by molar-refractivity contribution is -0.139. The second-order valence-electron chi connectivity index (χ2n) is 9.80. The zero-order valence-electron chi connectivity index (χ0n) is 22.3. The van der Waals surface area contributed by atoms with Crippen LogP contribution >= 0.6 is 34.5 Å². The van der Waals surface area contributed by atoms with Crippen molar-refractivity contribution in [2.45, 2.75) is 23.2 Å². The number of halogens is 2. The van der Waals surface area contributed by atoms with Crippen molar-refractivity contribution in [2.24, 2.45) is 0 Å². The average Bonchev–Trinajstić information content (AvgIpc) is 3.64. The number of furan rings is 1. The van der Waals surface area contributed by atoms with Crippen LogP contribution in [0.1, 0.15) is 41.5 Å². The molecule has 15 heteroatoms. The van der Waals surface area contributed by atoms with Crippen LogP contribution in [0.15, 0.2) is 57.4 Å². The Bertz CT molecular complexity index is 1900. The Morgan fingerprint density at radius 2 is 1.86 bits per heavy atom. The number of carboxylic acids is 1. The van der Waals surface area contributed by atoms with Gasteiger partial charge in [-0.15, -0.1) is 11.3 Å². The fourth-order valence-corrected chi connectivity index (χ4v) is 7.27. The van der Waals surface area contributed by atoms with Crippen molar-refractivity contribution in [2.75, 3.05) is 19.3 Å². The van der Waals surface area contributed by atoms with Crippen LogP contribution in [0.4, 0.5) is 0 Å². The first-order valence-corrected chi connectivity index (χ1v) is 16.2. The maximum Gasteiger partial charge on any atom is 0.328 e. The minimum absolute atomic E-state index is 0.0136. The number of carbonyl (C=O) groups is 4. The maximum absolute atomic E-state index is 13.2. The van der Waals surface area contributed by atoms with Gasteiger partial charge in [0.05, 0.1) is 26.7 Å². The van der Waals surface area contributed by atoms with Gasteiger partial charge in [-0.05, 0) is 53.9 Å². The summed E-state index contributed by atoms with van der Waals surface area (Å²) in [4.78, 5) is 52.4. The molecule has 2 aromatic carbocycles. The minimum Gasteiger partial charge on any atom is -0.480 e. The van der Waals surface area contributed by atoms with E-state index >= 15 is 0 Å². The number of carboxylic acid groups (broad SMARTS) is 1. The molecule has 1 aliphatic rings. The molecule has 2 aromatic heterocycles. The third-order valence-electron chi connectivity index (χ3n) is 6.86. The first kappa shape index (κ1) is 30.5. The maximum atomic E-state index is 13.2. The first-order valence-electron chi connectivity index (χ1n) is 12.7. The number of fused-ring (bicyclic) bond motifs is 2. The molecule has 0 aliphatic carbocycles. The lowest BCUT2D eigenvalue weighted by Gasteiger charge is -2.30. The van der Waals surface area contributed by atoms with Gasteiger partial charge in [0.2, 0.25) is 0 Å². The van der Waals surface area contributed by atoms with Gasteiger partial charge in [0.1, 0.15) is 15.8 Å². The van der Waals surface area contributed by atoms with Gasteiger partial charge >= 0.3 is 5.97 Å². The molecule has 11 nitrogen and oxygen atoms in total. The summed E-state index contributed by atoms with van der Waals surface area (Å²) in [5, 5.41) is 15.3. The number of amides is 3. The molecule has 0 spiro atoms. The number of thiophene rings is 1. The molecule has 3 heterocycles. The van der Waals surface area contributed by atoms with Gasteiger partial charge < -0.3 is 25.1 Å². The number of carbonyl (C=O) groups excluding carboxylic acids is 3. The largest absolute Gasteiger partial charge is 0.480 e. The van der Waals surface area contributed by atoms with Crippen LogP contribution in [0.25, 0.3) is 11.0 Å². The molecule has 3 amide bonds. The molecule has 4 aromatic rings. The molecule has 1 aliphatic heterocycles. The standard InChI is InChI=1S/C28H23Cl2N3O8S2/c1-43(39,40)22-5-4-21(42-22)25(34)31-12-19(28(37)38)32-26(35)23-18(29)10-16-13-33(8-6-17(16)24(23)30)27(36)15-3-2-14-7-9-41-20(14)11-15/h2-5,7,9-11,19H,6,8,12-13H2,1H3,(H,31,34)(H,32,35)(H,37,38)/t19-/m0/s1. The van der Waals surface area contributed by atoms with Gasteiger partial charge in [0.25, 0.3) is 17.7 Å². The number of rotatable bonds is 8. The third kappa shape index (κ3) is 6.39. The monoisotopic (exact) mass is 663 g/mol. The lowest BCUT2D eigenvalue weighted by Crippen LogP contribution is -2.48. The number of hydrogen-bond donors (Lipinski definition) is 3. The van der Waals surface area contributed by atoms with Crippen LogP contribution in [-0.4, -0.2) is 67.5 Å². The van der Waals surface area contributed by atoms with E-state index in [0.29, 0.717) is 35.2 Å². The fourth-order valence-electron chi connectivity index (χ4n) is 4.66. The van der Waals surface area contributed by atoms with Crippen molar-refractivity contribution < 1.29 is 37.1 Å². The normalized spacial score (nSPS) is 13.8. The van der Waals surface area contributed by atoms with Crippen molar-refractivity contribution >= 4 is 79.0 Å². The van der Waals surface area contributed by atoms with Gasteiger partial charge in [0, 0.05) is 36.8 Å². The number of aliphatic carboxylic acids is 1. The summed E-state index contributed by atoms with van der Waals surface area (Å²) < 4.78 is 28.7. The van der Waals surface area contributed by atoms with Crippen molar-refractivity contribution in [3.05, 3.63) is 85.9 Å². The predicted octanol–water partition coefficient (Wildman–Crippen LogP) is 4.02. The van der Waals surface area contributed by atoms with Crippen molar-refractivity contribution in [1.82, 2.24) is 15.5 Å². The summed E-state index contributed by atoms with van der Waals surface area (Å²) in [5.74, 6) is -3.20. The second kappa shape index (κ2) is 12.0. The first-order chi connectivity index (χ1) is 20.3. The minimum atomic E-state index is -3.51. The molecule has 0 saturated heterocycles. The number of nitrogens with one attached hydrogen (secondary N) is 2. The van der Waals surface area contributed by atoms with Crippen molar-refractivity contribution in [3.8, 4) is 0 Å². The highest BCUT2D eigenvalue weighted by Gasteiger charge is 2.30. The molecule has 43 heavy (non-hydrogen) atoms. The van der Waals surface area contributed by atoms with E-state index in [2.05, 4.69) is 10.6 Å². The molecule has 1 atom stereocenters. The van der Waals surface area contributed by atoms with Crippen LogP contribution in [0.5, 0.6) is 0 Å². The second-order valence-corrected chi connectivity index (χ2v) is 13.9. The summed E-state index contributed by atoms with van der Waals surface area (Å²) in [6.07, 6.45) is 2.88. The van der Waals surface area contributed by atoms with Crippen LogP contribution in [-0.2, 0) is 27.6 Å². The van der Waals surface area contributed by atoms with Gasteiger partial charge in [-0.25, -0.2) is 13.2 Å². The van der Waals surface area contributed by atoms with Crippen molar-refractivity contribution in [1.29, 1.82) is 0 Å². The van der Waals surface area contributed by atoms with Crippen molar-refractivity contribution in [3.63, 3.8) is 0 Å². The highest BCUT2D eigenvalue weighted by Crippen LogP contribution is 2.35. The van der Waals surface area contributed by atoms with E-state index in [-0.39, 0.29) is 37.1 Å². The molecule has 5 rings (SSSR count). The fraction of sp³-hybridized carbons (Fsp3) is 0.214. The SMILES string of the molecule is CS(=O)(=O)c1ccc(C(=O)NC[C@H](NC(=O)c2c(Cl)cc3c(c2Cl)CCN(C(=O)c2ccc4ccoc4c2)C3)C(=O)O)s1. The highest BCUT2D eigenvalue weighted by molar-refractivity contribution is 7.92. The lowest BCUT2D eigenvalue weighted by atomic mass is 9.96. The average molecular weight is 665 g/mol. The van der Waals surface area contributed by atoms with Gasteiger partial charge in [-0.3, -0.25) is 14.4 Å². The molecule has 0 radical (unpaired) electrons. The van der Waals surface area contributed by atoms with E-state index in [4.69, 9.17) is 27.6 Å². The van der Waals surface area contributed by atoms with Crippen LogP contribution < -0.4 is 10.6 Å². The third-order valence-corrected chi connectivity index (χ3v) is 10.5. The summed E-state index contributed by atoms with van der Waals surface area (Å²) in [5.41, 5.74) is 2.19. The molecule has 0 saturated carbocycles. The van der Waals surface area contributed by atoms with E-state index in [1.807, 2.05) is 0 Å². The summed E-state index contributed by atoms with van der Waals surface area (Å²) in [7, 11) is -3.51. The Balaban J connectivity index is 1.28. The van der Waals surface area contributed by atoms with Gasteiger partial charge in [0.15, 0.2) is 9.84 Å². The molecular weight excluding hydrogens is 641 g/mol. The molecule has 0 unspecified atom stereocenters. The quantitative estimate of drug-likeness (QED) is 0.255. The van der Waals surface area contributed by atoms with Crippen LogP contribution in [0, 0.1) is 0 Å². The number of hydrogen-bond acceptors (Lipinski definition) is 8. The number of benzene rings is 2. The Hall–Kier alpha value is -3.91. The summed E-state index contributed by atoms with van der Waals surface area (Å²) >= 11 is 13.8. The molecule has 0 fully saturated rings. The zero-order valence-corrected chi connectivity index (χ0v) is 25.5. The summed E-state index contributed by atoms with van der Waals surface area (Å²) in [6.45, 7) is 0.0181. The molecule has 3 N–H and O–H groups in total.